The van der Waals surface area contributed by atoms with Gasteiger partial charge in [-0.3, -0.25) is 0 Å². The van der Waals surface area contributed by atoms with Crippen LogP contribution in [0.4, 0.5) is 0 Å². The van der Waals surface area contributed by atoms with Crippen LogP contribution in [0.3, 0.4) is 0 Å². The van der Waals surface area contributed by atoms with Crippen molar-refractivity contribution in [3.63, 3.8) is 0 Å². The first kappa shape index (κ1) is 10.1. The Balaban J connectivity index is 1.69. The summed E-state index contributed by atoms with van der Waals surface area (Å²) in [5.74, 6) is 1.04. The highest BCUT2D eigenvalue weighted by atomic mass is 32.1. The maximum Gasteiger partial charge on any atom is 0.0342 e. The quantitative estimate of drug-likeness (QED) is 0.708. The monoisotopic (exact) mass is 228 g/mol. The molecule has 0 bridgehead atoms. The number of hydrogen-bond acceptors (Lipinski definition) is 1. The molecule has 1 saturated carbocycles. The van der Waals surface area contributed by atoms with Crippen molar-refractivity contribution in [1.29, 1.82) is 0 Å². The van der Waals surface area contributed by atoms with Gasteiger partial charge >= 0.3 is 0 Å². The van der Waals surface area contributed by atoms with Crippen molar-refractivity contribution in [3.05, 3.63) is 47.3 Å². The molecule has 1 aromatic heterocycles. The fourth-order valence-corrected chi connectivity index (χ4v) is 2.79. The molecule has 0 spiro atoms. The molecule has 1 aliphatic carbocycles. The van der Waals surface area contributed by atoms with E-state index in [4.69, 9.17) is 0 Å². The average molecular weight is 228 g/mol. The standard InChI is InChI=1S/C15H16S/c1-2-15(16-11-1)14-9-7-13(8-10-14)6-5-12-3-4-12/h1-2,7-12H,3-6H2. The molecule has 1 heterocycles. The minimum absolute atomic E-state index is 1.04. The molecule has 0 atom stereocenters. The van der Waals surface area contributed by atoms with Gasteiger partial charge in [-0.25, -0.2) is 0 Å². The molecule has 2 aromatic rings. The molecule has 3 rings (SSSR count). The number of benzene rings is 1. The van der Waals surface area contributed by atoms with Gasteiger partial charge in [0.1, 0.15) is 0 Å². The number of aryl methyl sites for hydroxylation is 1. The molecule has 1 heteroatoms. The summed E-state index contributed by atoms with van der Waals surface area (Å²) in [7, 11) is 0. The van der Waals surface area contributed by atoms with E-state index in [0.29, 0.717) is 0 Å². The Morgan fingerprint density at radius 2 is 1.88 bits per heavy atom. The van der Waals surface area contributed by atoms with Crippen molar-refractivity contribution >= 4 is 11.3 Å². The number of hydrogen-bond donors (Lipinski definition) is 0. The van der Waals surface area contributed by atoms with E-state index >= 15 is 0 Å². The van der Waals surface area contributed by atoms with Gasteiger partial charge in [-0.15, -0.1) is 11.3 Å². The first-order chi connectivity index (χ1) is 7.92. The van der Waals surface area contributed by atoms with Crippen molar-refractivity contribution < 1.29 is 0 Å². The molecular weight excluding hydrogens is 212 g/mol. The fourth-order valence-electron chi connectivity index (χ4n) is 2.06. The third kappa shape index (κ3) is 2.35. The van der Waals surface area contributed by atoms with Gasteiger partial charge in [0.25, 0.3) is 0 Å². The van der Waals surface area contributed by atoms with E-state index < -0.39 is 0 Å². The second-order valence-corrected chi connectivity index (χ2v) is 5.60. The lowest BCUT2D eigenvalue weighted by atomic mass is 10.1. The summed E-state index contributed by atoms with van der Waals surface area (Å²) >= 11 is 1.81. The van der Waals surface area contributed by atoms with Crippen LogP contribution >= 0.6 is 11.3 Å². The van der Waals surface area contributed by atoms with Crippen LogP contribution in [0.15, 0.2) is 41.8 Å². The number of thiophene rings is 1. The molecule has 1 fully saturated rings. The summed E-state index contributed by atoms with van der Waals surface area (Å²) in [4.78, 5) is 1.37. The lowest BCUT2D eigenvalue weighted by molar-refractivity contribution is 0.727. The SMILES string of the molecule is c1csc(-c2ccc(CCC3CC3)cc2)c1. The summed E-state index contributed by atoms with van der Waals surface area (Å²) in [5, 5.41) is 2.14. The lowest BCUT2D eigenvalue weighted by Gasteiger charge is -2.02. The third-order valence-electron chi connectivity index (χ3n) is 3.30. The Morgan fingerprint density at radius 1 is 1.06 bits per heavy atom. The maximum atomic E-state index is 2.29. The molecule has 1 aliphatic rings. The highest BCUT2D eigenvalue weighted by molar-refractivity contribution is 7.13. The van der Waals surface area contributed by atoms with Crippen LogP contribution in [0.1, 0.15) is 24.8 Å². The molecule has 0 aliphatic heterocycles. The Hall–Kier alpha value is -1.08. The Kier molecular flexibility index (Phi) is 2.79. The van der Waals surface area contributed by atoms with E-state index in [9.17, 15) is 0 Å². The molecule has 0 unspecified atom stereocenters. The second kappa shape index (κ2) is 4.42. The summed E-state index contributed by atoms with van der Waals surface area (Å²) in [6.45, 7) is 0. The van der Waals surface area contributed by atoms with E-state index in [0.717, 1.165) is 5.92 Å². The molecule has 0 radical (unpaired) electrons. The molecule has 0 N–H and O–H groups in total. The molecule has 0 amide bonds. The van der Waals surface area contributed by atoms with Crippen molar-refractivity contribution in [2.45, 2.75) is 25.7 Å². The zero-order valence-electron chi connectivity index (χ0n) is 9.36. The summed E-state index contributed by atoms with van der Waals surface area (Å²) in [6.07, 6.45) is 5.58. The second-order valence-electron chi connectivity index (χ2n) is 4.66. The normalized spacial score (nSPS) is 15.2. The van der Waals surface area contributed by atoms with Crippen molar-refractivity contribution in [3.8, 4) is 10.4 Å². The molecule has 82 valence electrons. The van der Waals surface area contributed by atoms with Crippen molar-refractivity contribution in [1.82, 2.24) is 0 Å². The topological polar surface area (TPSA) is 0 Å². The first-order valence-corrected chi connectivity index (χ1v) is 6.92. The van der Waals surface area contributed by atoms with Gasteiger partial charge in [0.05, 0.1) is 0 Å². The van der Waals surface area contributed by atoms with Gasteiger partial charge < -0.3 is 0 Å². The fraction of sp³-hybridized carbons (Fsp3) is 0.333. The van der Waals surface area contributed by atoms with Crippen LogP contribution in [-0.4, -0.2) is 0 Å². The third-order valence-corrected chi connectivity index (χ3v) is 4.22. The molecule has 0 nitrogen and oxygen atoms in total. The largest absolute Gasteiger partial charge is 0.144 e. The highest BCUT2D eigenvalue weighted by Gasteiger charge is 2.20. The van der Waals surface area contributed by atoms with Crippen LogP contribution < -0.4 is 0 Å². The van der Waals surface area contributed by atoms with Gasteiger partial charge in [-0.1, -0.05) is 43.2 Å². The smallest absolute Gasteiger partial charge is 0.0342 e. The Bertz CT molecular complexity index is 435. The van der Waals surface area contributed by atoms with Gasteiger partial charge in [0, 0.05) is 4.88 Å². The lowest BCUT2D eigenvalue weighted by Crippen LogP contribution is -1.86. The zero-order chi connectivity index (χ0) is 10.8. The zero-order valence-corrected chi connectivity index (χ0v) is 10.2. The summed E-state index contributed by atoms with van der Waals surface area (Å²) in [6, 6.07) is 13.4. The Morgan fingerprint density at radius 3 is 2.50 bits per heavy atom. The van der Waals surface area contributed by atoms with Crippen molar-refractivity contribution in [2.24, 2.45) is 5.92 Å². The first-order valence-electron chi connectivity index (χ1n) is 6.04. The maximum absolute atomic E-state index is 2.29. The van der Waals surface area contributed by atoms with Gasteiger partial charge in [-0.05, 0) is 41.3 Å². The summed E-state index contributed by atoms with van der Waals surface area (Å²) < 4.78 is 0. The minimum atomic E-state index is 1.04. The predicted molar refractivity (Wildman–Crippen MR) is 70.8 cm³/mol. The van der Waals surface area contributed by atoms with Gasteiger partial charge in [0.2, 0.25) is 0 Å². The predicted octanol–water partition coefficient (Wildman–Crippen LogP) is 4.76. The van der Waals surface area contributed by atoms with Gasteiger partial charge in [-0.2, -0.15) is 0 Å². The van der Waals surface area contributed by atoms with Crippen LogP contribution in [-0.2, 0) is 6.42 Å². The molecule has 1 aromatic carbocycles. The highest BCUT2D eigenvalue weighted by Crippen LogP contribution is 2.33. The Labute approximate surface area is 101 Å². The van der Waals surface area contributed by atoms with E-state index in [2.05, 4.69) is 41.8 Å². The van der Waals surface area contributed by atoms with E-state index in [-0.39, 0.29) is 0 Å². The summed E-state index contributed by atoms with van der Waals surface area (Å²) in [5.41, 5.74) is 2.84. The minimum Gasteiger partial charge on any atom is -0.144 e. The van der Waals surface area contributed by atoms with Crippen LogP contribution in [0.5, 0.6) is 0 Å². The molecular formula is C15H16S. The van der Waals surface area contributed by atoms with Crippen LogP contribution in [0, 0.1) is 5.92 Å². The van der Waals surface area contributed by atoms with E-state index in [1.165, 1.54) is 41.7 Å². The molecule has 16 heavy (non-hydrogen) atoms. The average Bonchev–Trinajstić information content (AvgIpc) is 3.00. The van der Waals surface area contributed by atoms with Gasteiger partial charge in [0.15, 0.2) is 0 Å². The van der Waals surface area contributed by atoms with Crippen LogP contribution in [0.2, 0.25) is 0 Å². The van der Waals surface area contributed by atoms with Crippen LogP contribution in [0.25, 0.3) is 10.4 Å². The van der Waals surface area contributed by atoms with E-state index in [1.54, 1.807) is 0 Å². The van der Waals surface area contributed by atoms with E-state index in [1.807, 2.05) is 11.3 Å². The van der Waals surface area contributed by atoms with Crippen molar-refractivity contribution in [2.75, 3.05) is 0 Å². The molecule has 0 saturated heterocycles. The number of rotatable bonds is 4.